The summed E-state index contributed by atoms with van der Waals surface area (Å²) in [6.45, 7) is 11.0. The summed E-state index contributed by atoms with van der Waals surface area (Å²) in [6, 6.07) is 0. The summed E-state index contributed by atoms with van der Waals surface area (Å²) >= 11 is -3.75. The van der Waals surface area contributed by atoms with Crippen molar-refractivity contribution < 1.29 is 31.7 Å². The Morgan fingerprint density at radius 3 is 0.941 bits per heavy atom. The topological polar surface area (TPSA) is 36.9 Å². The molecule has 105 valence electrons. The Labute approximate surface area is 111 Å². The van der Waals surface area contributed by atoms with Gasteiger partial charge in [-0.15, -0.1) is 0 Å². The Hall–Kier alpha value is 0.580. The molecule has 0 aliphatic rings. The fourth-order valence-electron chi connectivity index (χ4n) is 1.04. The van der Waals surface area contributed by atoms with Gasteiger partial charge in [0, 0.05) is 0 Å². The van der Waals surface area contributed by atoms with E-state index in [1.54, 1.807) is 0 Å². The van der Waals surface area contributed by atoms with Gasteiger partial charge in [-0.3, -0.25) is 0 Å². The molecule has 0 saturated carbocycles. The molecule has 0 fully saturated rings. The molecular formula is C12H28O4Ta. The molecule has 0 aliphatic heterocycles. The zero-order valence-corrected chi connectivity index (χ0v) is 15.0. The molecule has 0 aromatic rings. The molecular weight excluding hydrogens is 389 g/mol. The van der Waals surface area contributed by atoms with Crippen LogP contribution in [0, 0.1) is 0 Å². The molecule has 0 unspecified atom stereocenters. The van der Waals surface area contributed by atoms with E-state index in [0.717, 1.165) is 25.7 Å². The van der Waals surface area contributed by atoms with Crippen molar-refractivity contribution in [3.8, 4) is 0 Å². The van der Waals surface area contributed by atoms with Gasteiger partial charge in [-0.1, -0.05) is 0 Å². The molecule has 17 heavy (non-hydrogen) atoms. The van der Waals surface area contributed by atoms with Crippen LogP contribution in [0.4, 0.5) is 0 Å². The van der Waals surface area contributed by atoms with Gasteiger partial charge in [0.15, 0.2) is 0 Å². The zero-order valence-electron chi connectivity index (χ0n) is 11.7. The van der Waals surface area contributed by atoms with Gasteiger partial charge in [0.25, 0.3) is 0 Å². The maximum atomic E-state index is 5.83. The second-order valence-electron chi connectivity index (χ2n) is 3.78. The van der Waals surface area contributed by atoms with Crippen molar-refractivity contribution in [2.24, 2.45) is 0 Å². The first-order valence-electron chi connectivity index (χ1n) is 6.71. The number of hydrogen-bond donors (Lipinski definition) is 0. The molecule has 0 radical (unpaired) electrons. The van der Waals surface area contributed by atoms with Gasteiger partial charge in [0.1, 0.15) is 0 Å². The predicted octanol–water partition coefficient (Wildman–Crippen LogP) is 3.51. The molecule has 0 rings (SSSR count). The summed E-state index contributed by atoms with van der Waals surface area (Å²) in [4.78, 5) is 0. The van der Waals surface area contributed by atoms with Crippen LogP contribution in [0.3, 0.4) is 0 Å². The molecule has 0 atom stereocenters. The van der Waals surface area contributed by atoms with Gasteiger partial charge >= 0.3 is 111 Å². The SMILES string of the molecule is CCC[O][Ta]([O]CCC)([O]CCC)[O]CCC. The average molecular weight is 417 g/mol. The Morgan fingerprint density at radius 2 is 0.765 bits per heavy atom. The fourth-order valence-corrected chi connectivity index (χ4v) is 8.48. The Kier molecular flexibility index (Phi) is 12.1. The summed E-state index contributed by atoms with van der Waals surface area (Å²) in [5.41, 5.74) is 0. The molecule has 0 spiro atoms. The normalized spacial score (nSPS) is 12.0. The van der Waals surface area contributed by atoms with Gasteiger partial charge in [-0.05, 0) is 0 Å². The van der Waals surface area contributed by atoms with Crippen LogP contribution in [-0.4, -0.2) is 26.4 Å². The van der Waals surface area contributed by atoms with Crippen LogP contribution in [0.5, 0.6) is 0 Å². The second-order valence-corrected chi connectivity index (χ2v) is 10.7. The second kappa shape index (κ2) is 11.7. The van der Waals surface area contributed by atoms with E-state index < -0.39 is 18.7 Å². The fraction of sp³-hybridized carbons (Fsp3) is 1.00. The molecule has 0 aromatic heterocycles. The van der Waals surface area contributed by atoms with Crippen LogP contribution < -0.4 is 0 Å². The third-order valence-electron chi connectivity index (χ3n) is 1.81. The van der Waals surface area contributed by atoms with Crippen LogP contribution in [0.1, 0.15) is 53.4 Å². The van der Waals surface area contributed by atoms with E-state index in [0.29, 0.717) is 26.4 Å². The molecule has 0 heterocycles. The van der Waals surface area contributed by atoms with E-state index in [1.807, 2.05) is 0 Å². The summed E-state index contributed by atoms with van der Waals surface area (Å²) in [5, 5.41) is 0. The molecule has 0 N–H and O–H groups in total. The van der Waals surface area contributed by atoms with E-state index in [-0.39, 0.29) is 0 Å². The quantitative estimate of drug-likeness (QED) is 0.487. The van der Waals surface area contributed by atoms with Crippen molar-refractivity contribution in [3.05, 3.63) is 0 Å². The third kappa shape index (κ3) is 8.32. The molecule has 5 heteroatoms. The van der Waals surface area contributed by atoms with Crippen molar-refractivity contribution in [2.45, 2.75) is 53.4 Å². The average Bonchev–Trinajstić information content (AvgIpc) is 2.37. The Morgan fingerprint density at radius 1 is 0.529 bits per heavy atom. The van der Waals surface area contributed by atoms with Gasteiger partial charge in [0.2, 0.25) is 0 Å². The standard InChI is InChI=1S/4C3H7O.Ta/c4*1-2-3-4;/h4*2-3H2,1H3;/q4*-1;+4. The minimum absolute atomic E-state index is 0.662. The summed E-state index contributed by atoms with van der Waals surface area (Å²) in [6.07, 6.45) is 3.84. The monoisotopic (exact) mass is 417 g/mol. The molecule has 0 aliphatic carbocycles. The van der Waals surface area contributed by atoms with Gasteiger partial charge < -0.3 is 0 Å². The van der Waals surface area contributed by atoms with E-state index in [4.69, 9.17) is 13.0 Å². The number of hydrogen-bond acceptors (Lipinski definition) is 4. The minimum atomic E-state index is -3.75. The van der Waals surface area contributed by atoms with Crippen molar-refractivity contribution in [1.82, 2.24) is 0 Å². The van der Waals surface area contributed by atoms with E-state index in [2.05, 4.69) is 27.7 Å². The van der Waals surface area contributed by atoms with Gasteiger partial charge in [-0.25, -0.2) is 0 Å². The maximum absolute atomic E-state index is 5.83. The van der Waals surface area contributed by atoms with E-state index in [9.17, 15) is 0 Å². The van der Waals surface area contributed by atoms with Crippen LogP contribution >= 0.6 is 0 Å². The first-order valence-corrected chi connectivity index (χ1v) is 12.0. The molecule has 0 bridgehead atoms. The summed E-state index contributed by atoms with van der Waals surface area (Å²) < 4.78 is 23.3. The summed E-state index contributed by atoms with van der Waals surface area (Å²) in [7, 11) is 0. The third-order valence-corrected chi connectivity index (χ3v) is 8.98. The van der Waals surface area contributed by atoms with Crippen LogP contribution in [0.25, 0.3) is 0 Å². The van der Waals surface area contributed by atoms with Crippen LogP contribution in [-0.2, 0) is 31.7 Å². The van der Waals surface area contributed by atoms with E-state index in [1.165, 1.54) is 0 Å². The molecule has 0 aromatic carbocycles. The Balaban J connectivity index is 4.39. The molecule has 0 amide bonds. The Bertz CT molecular complexity index is 129. The molecule has 4 nitrogen and oxygen atoms in total. The molecule has 0 saturated heterocycles. The van der Waals surface area contributed by atoms with E-state index >= 15 is 0 Å². The number of rotatable bonds is 12. The van der Waals surface area contributed by atoms with Gasteiger partial charge in [-0.2, -0.15) is 0 Å². The predicted molar refractivity (Wildman–Crippen MR) is 65.0 cm³/mol. The van der Waals surface area contributed by atoms with Crippen molar-refractivity contribution in [1.29, 1.82) is 0 Å². The van der Waals surface area contributed by atoms with Crippen molar-refractivity contribution in [3.63, 3.8) is 0 Å². The van der Waals surface area contributed by atoms with Crippen molar-refractivity contribution >= 4 is 0 Å². The first-order chi connectivity index (χ1) is 8.24. The van der Waals surface area contributed by atoms with Gasteiger partial charge in [0.05, 0.1) is 0 Å². The van der Waals surface area contributed by atoms with Crippen LogP contribution in [0.2, 0.25) is 0 Å². The summed E-state index contributed by atoms with van der Waals surface area (Å²) in [5.74, 6) is 0. The van der Waals surface area contributed by atoms with Crippen molar-refractivity contribution in [2.75, 3.05) is 26.4 Å². The first kappa shape index (κ1) is 17.6. The van der Waals surface area contributed by atoms with Crippen LogP contribution in [0.15, 0.2) is 0 Å². The zero-order chi connectivity index (χ0) is 13.0.